The van der Waals surface area contributed by atoms with Crippen LogP contribution >= 0.6 is 0 Å². The van der Waals surface area contributed by atoms with Crippen molar-refractivity contribution in [1.29, 1.82) is 0 Å². The molecule has 0 saturated carbocycles. The minimum atomic E-state index is 0.145. The van der Waals surface area contributed by atoms with E-state index < -0.39 is 0 Å². The molecule has 1 atom stereocenters. The number of nitrogens with one attached hydrogen (secondary N) is 1. The SMILES string of the molecule is CC(C)(C)C(c1ccccc1)c1c[nH]c2ncccc12. The first-order chi connectivity index (χ1) is 9.57. The first kappa shape index (κ1) is 12.9. The fourth-order valence-corrected chi connectivity index (χ4v) is 3.01. The third kappa shape index (κ3) is 2.22. The molecule has 2 heterocycles. The van der Waals surface area contributed by atoms with Crippen molar-refractivity contribution in [1.82, 2.24) is 9.97 Å². The highest BCUT2D eigenvalue weighted by molar-refractivity contribution is 5.80. The average molecular weight is 264 g/mol. The molecule has 0 spiro atoms. The lowest BCUT2D eigenvalue weighted by molar-refractivity contribution is 0.360. The van der Waals surface area contributed by atoms with E-state index in [0.717, 1.165) is 5.65 Å². The molecule has 1 N–H and O–H groups in total. The zero-order valence-corrected chi connectivity index (χ0v) is 12.2. The van der Waals surface area contributed by atoms with E-state index in [0.29, 0.717) is 5.92 Å². The highest BCUT2D eigenvalue weighted by Crippen LogP contribution is 2.42. The van der Waals surface area contributed by atoms with Gasteiger partial charge < -0.3 is 4.98 Å². The number of aromatic amines is 1. The molecular formula is C18H20N2. The summed E-state index contributed by atoms with van der Waals surface area (Å²) in [5, 5.41) is 1.22. The fourth-order valence-electron chi connectivity index (χ4n) is 3.01. The van der Waals surface area contributed by atoms with E-state index in [1.165, 1.54) is 16.5 Å². The van der Waals surface area contributed by atoms with Gasteiger partial charge in [0.1, 0.15) is 5.65 Å². The predicted molar refractivity (Wildman–Crippen MR) is 83.8 cm³/mol. The largest absolute Gasteiger partial charge is 0.346 e. The first-order valence-electron chi connectivity index (χ1n) is 7.04. The Labute approximate surface area is 119 Å². The number of aromatic nitrogens is 2. The third-order valence-corrected chi connectivity index (χ3v) is 3.79. The number of benzene rings is 1. The Kier molecular flexibility index (Phi) is 3.09. The van der Waals surface area contributed by atoms with Gasteiger partial charge in [-0.15, -0.1) is 0 Å². The maximum Gasteiger partial charge on any atom is 0.137 e. The highest BCUT2D eigenvalue weighted by atomic mass is 14.8. The summed E-state index contributed by atoms with van der Waals surface area (Å²) >= 11 is 0. The van der Waals surface area contributed by atoms with Crippen LogP contribution in [0.3, 0.4) is 0 Å². The number of hydrogen-bond acceptors (Lipinski definition) is 1. The fraction of sp³-hybridized carbons (Fsp3) is 0.278. The summed E-state index contributed by atoms with van der Waals surface area (Å²) < 4.78 is 0. The molecule has 102 valence electrons. The number of pyridine rings is 1. The Hall–Kier alpha value is -2.09. The van der Waals surface area contributed by atoms with Crippen LogP contribution in [0.25, 0.3) is 11.0 Å². The first-order valence-corrected chi connectivity index (χ1v) is 7.04. The van der Waals surface area contributed by atoms with E-state index in [4.69, 9.17) is 0 Å². The molecule has 0 bridgehead atoms. The topological polar surface area (TPSA) is 28.7 Å². The molecule has 20 heavy (non-hydrogen) atoms. The molecule has 1 unspecified atom stereocenters. The maximum atomic E-state index is 4.40. The molecule has 0 fully saturated rings. The van der Waals surface area contributed by atoms with Gasteiger partial charge in [-0.2, -0.15) is 0 Å². The van der Waals surface area contributed by atoms with Gasteiger partial charge in [-0.3, -0.25) is 0 Å². The van der Waals surface area contributed by atoms with Crippen molar-refractivity contribution in [2.75, 3.05) is 0 Å². The summed E-state index contributed by atoms with van der Waals surface area (Å²) in [6, 6.07) is 14.9. The van der Waals surface area contributed by atoms with Gasteiger partial charge in [-0.1, -0.05) is 51.1 Å². The second-order valence-corrected chi connectivity index (χ2v) is 6.35. The van der Waals surface area contributed by atoms with Gasteiger partial charge in [0.2, 0.25) is 0 Å². The minimum absolute atomic E-state index is 0.145. The van der Waals surface area contributed by atoms with Crippen molar-refractivity contribution >= 4 is 11.0 Å². The van der Waals surface area contributed by atoms with Crippen LogP contribution in [-0.4, -0.2) is 9.97 Å². The molecule has 0 radical (unpaired) electrons. The molecule has 3 rings (SSSR count). The summed E-state index contributed by atoms with van der Waals surface area (Å²) in [4.78, 5) is 7.70. The van der Waals surface area contributed by atoms with E-state index >= 15 is 0 Å². The summed E-state index contributed by atoms with van der Waals surface area (Å²) in [5.41, 5.74) is 3.79. The number of fused-ring (bicyclic) bond motifs is 1. The minimum Gasteiger partial charge on any atom is -0.346 e. The molecule has 2 nitrogen and oxygen atoms in total. The van der Waals surface area contributed by atoms with Crippen LogP contribution in [0, 0.1) is 5.41 Å². The monoisotopic (exact) mass is 264 g/mol. The highest BCUT2D eigenvalue weighted by Gasteiger charge is 2.29. The lowest BCUT2D eigenvalue weighted by atomic mass is 9.72. The van der Waals surface area contributed by atoms with Gasteiger partial charge in [0.25, 0.3) is 0 Å². The molecule has 0 amide bonds. The average Bonchev–Trinajstić information content (AvgIpc) is 2.83. The molecule has 0 saturated heterocycles. The van der Waals surface area contributed by atoms with Crippen LogP contribution in [0.1, 0.15) is 37.8 Å². The summed E-state index contributed by atoms with van der Waals surface area (Å²) in [5.74, 6) is 0.349. The summed E-state index contributed by atoms with van der Waals surface area (Å²) in [6.07, 6.45) is 3.94. The Bertz CT molecular complexity index is 705. The lowest BCUT2D eigenvalue weighted by Gasteiger charge is -2.31. The molecule has 2 aromatic heterocycles. The molecule has 0 aliphatic rings. The molecular weight excluding hydrogens is 244 g/mol. The van der Waals surface area contributed by atoms with Crippen LogP contribution in [0.2, 0.25) is 0 Å². The van der Waals surface area contributed by atoms with Crippen LogP contribution < -0.4 is 0 Å². The molecule has 0 aliphatic heterocycles. The van der Waals surface area contributed by atoms with Crippen LogP contribution in [0.5, 0.6) is 0 Å². The smallest absolute Gasteiger partial charge is 0.137 e. The second kappa shape index (κ2) is 4.78. The van der Waals surface area contributed by atoms with E-state index in [-0.39, 0.29) is 5.41 Å². The summed E-state index contributed by atoms with van der Waals surface area (Å²) in [6.45, 7) is 6.87. The van der Waals surface area contributed by atoms with E-state index in [1.807, 2.05) is 12.3 Å². The Morgan fingerprint density at radius 2 is 1.75 bits per heavy atom. The van der Waals surface area contributed by atoms with Gasteiger partial charge in [-0.05, 0) is 28.7 Å². The van der Waals surface area contributed by atoms with Crippen molar-refractivity contribution in [3.8, 4) is 0 Å². The van der Waals surface area contributed by atoms with Crippen molar-refractivity contribution in [3.05, 3.63) is 66.0 Å². The predicted octanol–water partition coefficient (Wildman–Crippen LogP) is 4.74. The van der Waals surface area contributed by atoms with Crippen LogP contribution in [0.4, 0.5) is 0 Å². The van der Waals surface area contributed by atoms with Gasteiger partial charge in [0.15, 0.2) is 0 Å². The maximum absolute atomic E-state index is 4.40. The van der Waals surface area contributed by atoms with Gasteiger partial charge >= 0.3 is 0 Å². The zero-order chi connectivity index (χ0) is 14.2. The van der Waals surface area contributed by atoms with Gasteiger partial charge in [0.05, 0.1) is 0 Å². The van der Waals surface area contributed by atoms with Gasteiger partial charge in [0, 0.05) is 23.7 Å². The Balaban J connectivity index is 2.20. The number of hydrogen-bond donors (Lipinski definition) is 1. The second-order valence-electron chi connectivity index (χ2n) is 6.35. The molecule has 2 heteroatoms. The summed E-state index contributed by atoms with van der Waals surface area (Å²) in [7, 11) is 0. The van der Waals surface area contributed by atoms with E-state index in [2.05, 4.69) is 73.3 Å². The Morgan fingerprint density at radius 1 is 1.00 bits per heavy atom. The van der Waals surface area contributed by atoms with Crippen molar-refractivity contribution in [2.45, 2.75) is 26.7 Å². The van der Waals surface area contributed by atoms with Crippen molar-refractivity contribution in [3.63, 3.8) is 0 Å². The van der Waals surface area contributed by atoms with Crippen LogP contribution in [0.15, 0.2) is 54.9 Å². The van der Waals surface area contributed by atoms with E-state index in [1.54, 1.807) is 0 Å². The molecule has 3 aromatic rings. The number of rotatable bonds is 2. The van der Waals surface area contributed by atoms with Gasteiger partial charge in [-0.25, -0.2) is 4.98 Å². The number of nitrogens with zero attached hydrogens (tertiary/aromatic N) is 1. The Morgan fingerprint density at radius 3 is 2.45 bits per heavy atom. The van der Waals surface area contributed by atoms with E-state index in [9.17, 15) is 0 Å². The molecule has 0 aliphatic carbocycles. The third-order valence-electron chi connectivity index (χ3n) is 3.79. The lowest BCUT2D eigenvalue weighted by Crippen LogP contribution is -2.19. The van der Waals surface area contributed by atoms with Crippen molar-refractivity contribution < 1.29 is 0 Å². The molecule has 1 aromatic carbocycles. The number of H-pyrrole nitrogens is 1. The quantitative estimate of drug-likeness (QED) is 0.711. The normalized spacial score (nSPS) is 13.6. The standard InChI is InChI=1S/C18H20N2/c1-18(2,3)16(13-8-5-4-6-9-13)15-12-20-17-14(15)10-7-11-19-17/h4-12,16H,1-3H3,(H,19,20). The van der Waals surface area contributed by atoms with Crippen LogP contribution in [-0.2, 0) is 0 Å². The zero-order valence-electron chi connectivity index (χ0n) is 12.2. The van der Waals surface area contributed by atoms with Crippen molar-refractivity contribution in [2.24, 2.45) is 5.41 Å².